The molecule has 1 atom stereocenters. The van der Waals surface area contributed by atoms with Crippen molar-refractivity contribution >= 4 is 14.3 Å². The first-order valence-corrected chi connectivity index (χ1v) is 8.89. The van der Waals surface area contributed by atoms with Crippen molar-refractivity contribution in [1.29, 1.82) is 0 Å². The van der Waals surface area contributed by atoms with Gasteiger partial charge >= 0.3 is 5.97 Å². The van der Waals surface area contributed by atoms with Crippen LogP contribution in [0, 0.1) is 0 Å². The predicted octanol–water partition coefficient (Wildman–Crippen LogP) is 3.52. The lowest BCUT2D eigenvalue weighted by atomic mass is 10.2. The molecule has 4 nitrogen and oxygen atoms in total. The minimum absolute atomic E-state index is 0.0197. The minimum Gasteiger partial charge on any atom is -0.467 e. The lowest BCUT2D eigenvalue weighted by Crippen LogP contribution is -2.43. The zero-order valence-corrected chi connectivity index (χ0v) is 12.9. The maximum atomic E-state index is 11.8. The fraction of sp³-hybridized carbons (Fsp3) is 0.615. The summed E-state index contributed by atoms with van der Waals surface area (Å²) in [6.45, 7) is 10.5. The Morgan fingerprint density at radius 1 is 1.39 bits per heavy atom. The van der Waals surface area contributed by atoms with Crippen LogP contribution in [0.3, 0.4) is 0 Å². The number of hydrogen-bond donors (Lipinski definition) is 0. The molecular weight excluding hydrogens is 248 g/mol. The third-order valence-electron chi connectivity index (χ3n) is 3.44. The fourth-order valence-corrected chi connectivity index (χ4v) is 2.40. The smallest absolute Gasteiger partial charge is 0.341 e. The van der Waals surface area contributed by atoms with E-state index < -0.39 is 20.4 Å². The Morgan fingerprint density at radius 3 is 2.39 bits per heavy atom. The number of furan rings is 1. The molecule has 0 saturated heterocycles. The molecule has 0 bridgehead atoms. The van der Waals surface area contributed by atoms with Gasteiger partial charge in [-0.05, 0) is 30.3 Å². The van der Waals surface area contributed by atoms with Crippen molar-refractivity contribution in [1.82, 2.24) is 0 Å². The highest BCUT2D eigenvalue weighted by molar-refractivity contribution is 6.74. The van der Waals surface area contributed by atoms with Gasteiger partial charge in [-0.3, -0.25) is 0 Å². The summed E-state index contributed by atoms with van der Waals surface area (Å²) in [6.07, 6.45) is 0.756. The fourth-order valence-electron chi connectivity index (χ4n) is 1.24. The van der Waals surface area contributed by atoms with Crippen LogP contribution in [0.1, 0.15) is 32.6 Å². The summed E-state index contributed by atoms with van der Waals surface area (Å²) < 4.78 is 16.1. The monoisotopic (exact) mass is 270 g/mol. The van der Waals surface area contributed by atoms with Crippen LogP contribution in [-0.2, 0) is 14.0 Å². The average molecular weight is 270 g/mol. The van der Waals surface area contributed by atoms with E-state index >= 15 is 0 Å². The van der Waals surface area contributed by atoms with E-state index in [0.29, 0.717) is 5.76 Å². The molecule has 0 amide bonds. The number of carbonyl (C=O) groups excluding carboxylic acids is 1. The number of rotatable bonds is 4. The van der Waals surface area contributed by atoms with Crippen molar-refractivity contribution in [3.8, 4) is 0 Å². The maximum Gasteiger partial charge on any atom is 0.341 e. The van der Waals surface area contributed by atoms with Crippen LogP contribution in [0.25, 0.3) is 0 Å². The number of ether oxygens (including phenoxy) is 1. The number of methoxy groups -OCH3 is 1. The molecule has 1 aromatic rings. The van der Waals surface area contributed by atoms with Gasteiger partial charge in [-0.15, -0.1) is 0 Å². The topological polar surface area (TPSA) is 48.7 Å². The molecule has 0 aromatic carbocycles. The van der Waals surface area contributed by atoms with Gasteiger partial charge in [0.15, 0.2) is 8.32 Å². The molecular formula is C13H22O4Si. The minimum atomic E-state index is -2.06. The normalized spacial score (nSPS) is 14.3. The Morgan fingerprint density at radius 2 is 2.00 bits per heavy atom. The Bertz CT molecular complexity index is 390. The quantitative estimate of drug-likeness (QED) is 0.620. The highest BCUT2D eigenvalue weighted by Crippen LogP contribution is 2.40. The van der Waals surface area contributed by atoms with Crippen molar-refractivity contribution in [2.75, 3.05) is 7.11 Å². The molecule has 1 unspecified atom stereocenters. The summed E-state index contributed by atoms with van der Waals surface area (Å²) >= 11 is 0. The number of carbonyl (C=O) groups is 1. The molecule has 0 radical (unpaired) electrons. The van der Waals surface area contributed by atoms with E-state index in [9.17, 15) is 4.79 Å². The Kier molecular flexibility index (Phi) is 4.40. The second kappa shape index (κ2) is 5.28. The van der Waals surface area contributed by atoms with E-state index in [1.54, 1.807) is 12.1 Å². The van der Waals surface area contributed by atoms with Crippen LogP contribution in [0.4, 0.5) is 0 Å². The maximum absolute atomic E-state index is 11.8. The van der Waals surface area contributed by atoms with Crippen LogP contribution in [0.15, 0.2) is 22.8 Å². The molecule has 18 heavy (non-hydrogen) atoms. The van der Waals surface area contributed by atoms with Gasteiger partial charge in [0, 0.05) is 0 Å². The van der Waals surface area contributed by atoms with Crippen LogP contribution in [0.2, 0.25) is 18.1 Å². The van der Waals surface area contributed by atoms with E-state index in [2.05, 4.69) is 33.9 Å². The molecule has 0 fully saturated rings. The Labute approximate surface area is 109 Å². The Hall–Kier alpha value is -1.07. The highest BCUT2D eigenvalue weighted by Gasteiger charge is 2.42. The van der Waals surface area contributed by atoms with Gasteiger partial charge in [-0.25, -0.2) is 4.79 Å². The lowest BCUT2D eigenvalue weighted by Gasteiger charge is -2.37. The first-order valence-electron chi connectivity index (χ1n) is 5.98. The lowest BCUT2D eigenvalue weighted by molar-refractivity contribution is -0.150. The third-order valence-corrected chi connectivity index (χ3v) is 7.87. The van der Waals surface area contributed by atoms with Crippen LogP contribution in [0.5, 0.6) is 0 Å². The van der Waals surface area contributed by atoms with Gasteiger partial charge in [0.05, 0.1) is 13.4 Å². The largest absolute Gasteiger partial charge is 0.467 e. The van der Waals surface area contributed by atoms with Crippen LogP contribution in [-0.4, -0.2) is 21.4 Å². The van der Waals surface area contributed by atoms with Gasteiger partial charge in [0.1, 0.15) is 5.76 Å². The van der Waals surface area contributed by atoms with Crippen molar-refractivity contribution < 1.29 is 18.4 Å². The summed E-state index contributed by atoms with van der Waals surface area (Å²) in [5.74, 6) is 0.0708. The van der Waals surface area contributed by atoms with E-state index in [1.807, 2.05) is 0 Å². The second-order valence-electron chi connectivity index (χ2n) is 5.80. The molecule has 5 heteroatoms. The molecule has 0 saturated carbocycles. The second-order valence-corrected chi connectivity index (χ2v) is 10.6. The molecule has 0 spiro atoms. The van der Waals surface area contributed by atoms with E-state index in [1.165, 1.54) is 13.4 Å². The Balaban J connectivity index is 2.97. The van der Waals surface area contributed by atoms with Gasteiger partial charge in [-0.1, -0.05) is 20.8 Å². The molecule has 0 aliphatic carbocycles. The van der Waals surface area contributed by atoms with Gasteiger partial charge in [-0.2, -0.15) is 0 Å². The molecule has 0 N–H and O–H groups in total. The average Bonchev–Trinajstić information content (AvgIpc) is 2.76. The third kappa shape index (κ3) is 3.23. The van der Waals surface area contributed by atoms with E-state index in [4.69, 9.17) is 13.6 Å². The van der Waals surface area contributed by atoms with E-state index in [0.717, 1.165) is 0 Å². The highest BCUT2D eigenvalue weighted by atomic mass is 28.4. The molecule has 1 rings (SSSR count). The molecule has 1 heterocycles. The van der Waals surface area contributed by atoms with Crippen LogP contribution >= 0.6 is 0 Å². The van der Waals surface area contributed by atoms with Crippen LogP contribution < -0.4 is 0 Å². The molecule has 0 aliphatic rings. The van der Waals surface area contributed by atoms with Crippen molar-refractivity contribution in [2.45, 2.75) is 45.0 Å². The van der Waals surface area contributed by atoms with Gasteiger partial charge in [0.2, 0.25) is 6.10 Å². The zero-order chi connectivity index (χ0) is 14.0. The zero-order valence-electron chi connectivity index (χ0n) is 11.9. The summed E-state index contributed by atoms with van der Waals surface area (Å²) in [6, 6.07) is 3.47. The van der Waals surface area contributed by atoms with Crippen molar-refractivity contribution in [3.63, 3.8) is 0 Å². The summed E-state index contributed by atoms with van der Waals surface area (Å²) in [7, 11) is -0.710. The first kappa shape index (κ1) is 15.0. The standard InChI is InChI=1S/C13H22O4Si/c1-13(2,3)18(5,6)17-11(12(14)15-4)10-8-7-9-16-10/h7-9,11H,1-6H3. The number of hydrogen-bond acceptors (Lipinski definition) is 4. The molecule has 1 aromatic heterocycles. The SMILES string of the molecule is COC(=O)C(O[Si](C)(C)C(C)(C)C)c1ccco1. The first-order chi connectivity index (χ1) is 8.19. The predicted molar refractivity (Wildman–Crippen MR) is 71.7 cm³/mol. The van der Waals surface area contributed by atoms with Gasteiger partial charge in [0.25, 0.3) is 0 Å². The number of esters is 1. The van der Waals surface area contributed by atoms with Crippen molar-refractivity contribution in [3.05, 3.63) is 24.2 Å². The summed E-state index contributed by atoms with van der Waals surface area (Å²) in [4.78, 5) is 11.8. The summed E-state index contributed by atoms with van der Waals surface area (Å²) in [5, 5.41) is 0.0197. The van der Waals surface area contributed by atoms with Gasteiger partial charge < -0.3 is 13.6 Å². The van der Waals surface area contributed by atoms with E-state index in [-0.39, 0.29) is 5.04 Å². The van der Waals surface area contributed by atoms with Crippen molar-refractivity contribution in [2.24, 2.45) is 0 Å². The summed E-state index contributed by atoms with van der Waals surface area (Å²) in [5.41, 5.74) is 0. The molecule has 0 aliphatic heterocycles. The molecule has 102 valence electrons.